The topological polar surface area (TPSA) is 70.7 Å². The Morgan fingerprint density at radius 1 is 0.759 bits per heavy atom. The van der Waals surface area contributed by atoms with E-state index in [1.807, 2.05) is 60.7 Å². The maximum absolute atomic E-state index is 9.38. The Hall–Kier alpha value is -3.86. The molecular weight excluding hydrogens is 360 g/mol. The van der Waals surface area contributed by atoms with Crippen molar-refractivity contribution in [3.05, 3.63) is 96.1 Å². The highest BCUT2D eigenvalue weighted by atomic mass is 16.3. The summed E-state index contributed by atoms with van der Waals surface area (Å²) >= 11 is 0. The Kier molecular flexibility index (Phi) is 5.38. The molecule has 1 heterocycles. The second-order valence-corrected chi connectivity index (χ2v) is 6.74. The Morgan fingerprint density at radius 2 is 1.45 bits per heavy atom. The van der Waals surface area contributed by atoms with Gasteiger partial charge in [-0.05, 0) is 36.8 Å². The van der Waals surface area contributed by atoms with E-state index in [0.29, 0.717) is 12.5 Å². The highest BCUT2D eigenvalue weighted by Crippen LogP contribution is 2.26. The first-order valence-electron chi connectivity index (χ1n) is 9.34. The number of aryl methyl sites for hydroxylation is 1. The van der Waals surface area contributed by atoms with Crippen molar-refractivity contribution in [1.29, 1.82) is 0 Å². The second-order valence-electron chi connectivity index (χ2n) is 6.74. The van der Waals surface area contributed by atoms with E-state index in [-0.39, 0.29) is 5.75 Å². The lowest BCUT2D eigenvalue weighted by atomic mass is 10.1. The molecule has 0 amide bonds. The van der Waals surface area contributed by atoms with E-state index < -0.39 is 0 Å². The molecule has 0 bridgehead atoms. The van der Waals surface area contributed by atoms with Crippen LogP contribution < -0.4 is 0 Å². The summed E-state index contributed by atoms with van der Waals surface area (Å²) in [7, 11) is 0. The maximum Gasteiger partial charge on any atom is 0.269 e. The van der Waals surface area contributed by atoms with Crippen LogP contribution in [0, 0.1) is 6.92 Å². The van der Waals surface area contributed by atoms with Crippen molar-refractivity contribution in [3.8, 4) is 28.3 Å². The van der Waals surface area contributed by atoms with Crippen LogP contribution in [0.3, 0.4) is 0 Å². The van der Waals surface area contributed by atoms with Gasteiger partial charge in [-0.25, -0.2) is 9.97 Å². The van der Waals surface area contributed by atoms with Crippen molar-refractivity contribution in [2.75, 3.05) is 0 Å². The number of hydrogen-bond donors (Lipinski definition) is 1. The maximum atomic E-state index is 9.38. The van der Waals surface area contributed by atoms with Gasteiger partial charge in [0.1, 0.15) is 5.75 Å². The molecule has 0 atom stereocenters. The summed E-state index contributed by atoms with van der Waals surface area (Å²) in [6, 6.07) is 27.0. The fraction of sp³-hybridized carbons (Fsp3) is 0.0833. The minimum Gasteiger partial charge on any atom is -0.508 e. The lowest BCUT2D eigenvalue weighted by molar-refractivity contribution is 0.475. The number of hydrogen-bond acceptors (Lipinski definition) is 5. The minimum atomic E-state index is 0.229. The van der Waals surface area contributed by atoms with Crippen LogP contribution in [-0.2, 0) is 6.54 Å². The summed E-state index contributed by atoms with van der Waals surface area (Å²) < 4.78 is 0. The van der Waals surface area contributed by atoms with Gasteiger partial charge in [0.2, 0.25) is 0 Å². The molecule has 0 radical (unpaired) electrons. The van der Waals surface area contributed by atoms with Crippen LogP contribution in [0.2, 0.25) is 0 Å². The van der Waals surface area contributed by atoms with E-state index >= 15 is 0 Å². The standard InChI is InChI=1S/C24H20N4O/c1-17-6-5-9-20(14-17)23-15-22(19-7-3-2-4-8-19)26-24(27-23)28-25-16-18-10-12-21(29)13-11-18/h2-15,29H,16H2,1H3. The van der Waals surface area contributed by atoms with Crippen molar-refractivity contribution in [2.24, 2.45) is 10.2 Å². The van der Waals surface area contributed by atoms with E-state index in [2.05, 4.69) is 39.3 Å². The molecule has 1 aromatic heterocycles. The molecule has 0 aliphatic heterocycles. The van der Waals surface area contributed by atoms with Crippen LogP contribution in [0.4, 0.5) is 5.95 Å². The number of phenols is 1. The quantitative estimate of drug-likeness (QED) is 0.425. The molecule has 0 saturated heterocycles. The first-order valence-corrected chi connectivity index (χ1v) is 9.34. The largest absolute Gasteiger partial charge is 0.508 e. The van der Waals surface area contributed by atoms with Gasteiger partial charge in [-0.15, -0.1) is 5.11 Å². The summed E-state index contributed by atoms with van der Waals surface area (Å²) in [6.07, 6.45) is 0. The predicted molar refractivity (Wildman–Crippen MR) is 114 cm³/mol. The molecule has 0 fully saturated rings. The molecule has 142 valence electrons. The number of rotatable bonds is 5. The Balaban J connectivity index is 1.69. The van der Waals surface area contributed by atoms with Gasteiger partial charge in [0, 0.05) is 11.1 Å². The van der Waals surface area contributed by atoms with Crippen molar-refractivity contribution in [1.82, 2.24) is 9.97 Å². The number of azo groups is 1. The Labute approximate surface area is 169 Å². The van der Waals surface area contributed by atoms with E-state index in [1.54, 1.807) is 12.1 Å². The van der Waals surface area contributed by atoms with Gasteiger partial charge in [-0.3, -0.25) is 0 Å². The van der Waals surface area contributed by atoms with Crippen LogP contribution in [0.5, 0.6) is 5.75 Å². The van der Waals surface area contributed by atoms with Gasteiger partial charge >= 0.3 is 0 Å². The van der Waals surface area contributed by atoms with Crippen LogP contribution in [-0.4, -0.2) is 15.1 Å². The monoisotopic (exact) mass is 380 g/mol. The van der Waals surface area contributed by atoms with E-state index in [1.165, 1.54) is 0 Å². The number of benzene rings is 3. The van der Waals surface area contributed by atoms with Crippen molar-refractivity contribution in [3.63, 3.8) is 0 Å². The molecule has 0 spiro atoms. The molecular formula is C24H20N4O. The molecule has 0 aliphatic rings. The highest BCUT2D eigenvalue weighted by molar-refractivity contribution is 5.69. The van der Waals surface area contributed by atoms with Crippen LogP contribution in [0.15, 0.2) is 95.2 Å². The fourth-order valence-corrected chi connectivity index (χ4v) is 2.97. The molecule has 0 aliphatic carbocycles. The van der Waals surface area contributed by atoms with Gasteiger partial charge in [0.15, 0.2) is 0 Å². The third-order valence-corrected chi connectivity index (χ3v) is 4.45. The number of aromatic nitrogens is 2. The van der Waals surface area contributed by atoms with E-state index in [4.69, 9.17) is 0 Å². The molecule has 4 aromatic rings. The van der Waals surface area contributed by atoms with E-state index in [9.17, 15) is 5.11 Å². The van der Waals surface area contributed by atoms with Gasteiger partial charge in [0.25, 0.3) is 5.95 Å². The zero-order valence-corrected chi connectivity index (χ0v) is 16.0. The van der Waals surface area contributed by atoms with Crippen LogP contribution in [0.25, 0.3) is 22.5 Å². The van der Waals surface area contributed by atoms with Gasteiger partial charge in [0.05, 0.1) is 17.9 Å². The number of nitrogens with zero attached hydrogens (tertiary/aromatic N) is 4. The van der Waals surface area contributed by atoms with Gasteiger partial charge in [-0.1, -0.05) is 66.2 Å². The molecule has 0 saturated carbocycles. The molecule has 1 N–H and O–H groups in total. The van der Waals surface area contributed by atoms with Crippen LogP contribution in [0.1, 0.15) is 11.1 Å². The summed E-state index contributed by atoms with van der Waals surface area (Å²) in [5.74, 6) is 0.550. The summed E-state index contributed by atoms with van der Waals surface area (Å²) in [6.45, 7) is 2.44. The normalized spacial score (nSPS) is 11.1. The van der Waals surface area contributed by atoms with E-state index in [0.717, 1.165) is 33.6 Å². The first kappa shape index (κ1) is 18.5. The summed E-state index contributed by atoms with van der Waals surface area (Å²) in [5, 5.41) is 17.9. The lowest BCUT2D eigenvalue weighted by Crippen LogP contribution is -1.92. The zero-order valence-electron chi connectivity index (χ0n) is 16.0. The smallest absolute Gasteiger partial charge is 0.269 e. The van der Waals surface area contributed by atoms with Crippen molar-refractivity contribution >= 4 is 5.95 Å². The van der Waals surface area contributed by atoms with Gasteiger partial charge in [-0.2, -0.15) is 5.11 Å². The summed E-state index contributed by atoms with van der Waals surface area (Å²) in [5.41, 5.74) is 5.73. The average Bonchev–Trinajstić information content (AvgIpc) is 2.76. The fourth-order valence-electron chi connectivity index (χ4n) is 2.97. The molecule has 5 nitrogen and oxygen atoms in total. The molecule has 29 heavy (non-hydrogen) atoms. The van der Waals surface area contributed by atoms with Crippen LogP contribution >= 0.6 is 0 Å². The first-order chi connectivity index (χ1) is 14.2. The SMILES string of the molecule is Cc1cccc(-c2cc(-c3ccccc3)nc(N=NCc3ccc(O)cc3)n2)c1. The predicted octanol–water partition coefficient (Wildman–Crippen LogP) is 6.11. The van der Waals surface area contributed by atoms with Gasteiger partial charge < -0.3 is 5.11 Å². The minimum absolute atomic E-state index is 0.229. The lowest BCUT2D eigenvalue weighted by Gasteiger charge is -2.07. The number of aromatic hydroxyl groups is 1. The van der Waals surface area contributed by atoms with Crippen molar-refractivity contribution < 1.29 is 5.11 Å². The second kappa shape index (κ2) is 8.44. The molecule has 0 unspecified atom stereocenters. The average molecular weight is 380 g/mol. The Morgan fingerprint density at radius 3 is 2.17 bits per heavy atom. The Bertz CT molecular complexity index is 1140. The third-order valence-electron chi connectivity index (χ3n) is 4.45. The highest BCUT2D eigenvalue weighted by Gasteiger charge is 2.08. The molecule has 3 aromatic carbocycles. The third kappa shape index (κ3) is 4.71. The van der Waals surface area contributed by atoms with Crippen molar-refractivity contribution in [2.45, 2.75) is 13.5 Å². The molecule has 4 rings (SSSR count). The zero-order chi connectivity index (χ0) is 20.1. The molecule has 5 heteroatoms. The number of phenolic OH excluding ortho intramolecular Hbond substituents is 1. The summed E-state index contributed by atoms with van der Waals surface area (Å²) in [4.78, 5) is 9.19.